The number of hydrogen-bond donors (Lipinski definition) is 1. The number of hydrogen-bond acceptors (Lipinski definition) is 7. The summed E-state index contributed by atoms with van der Waals surface area (Å²) in [6, 6.07) is 5.84. The lowest BCUT2D eigenvalue weighted by atomic mass is 9.86. The predicted octanol–water partition coefficient (Wildman–Crippen LogP) is 3.44. The zero-order chi connectivity index (χ0) is 18.0. The number of unbranched alkanes of at least 4 members (excludes halogenated alkanes) is 1. The second-order valence-electron chi connectivity index (χ2n) is 6.78. The van der Waals surface area contributed by atoms with E-state index in [9.17, 15) is 0 Å². The summed E-state index contributed by atoms with van der Waals surface area (Å²) in [5.74, 6) is 2.37. The van der Waals surface area contributed by atoms with Crippen LogP contribution in [0.5, 0.6) is 0 Å². The smallest absolute Gasteiger partial charge is 0.227 e. The van der Waals surface area contributed by atoms with E-state index in [0.717, 1.165) is 50.3 Å². The van der Waals surface area contributed by atoms with Crippen molar-refractivity contribution in [1.82, 2.24) is 15.1 Å². The van der Waals surface area contributed by atoms with Crippen molar-refractivity contribution in [2.24, 2.45) is 5.41 Å². The average molecular weight is 348 g/mol. The predicted molar refractivity (Wildman–Crippen MR) is 95.0 cm³/mol. The summed E-state index contributed by atoms with van der Waals surface area (Å²) in [7, 11) is 1.52. The van der Waals surface area contributed by atoms with Crippen molar-refractivity contribution in [2.45, 2.75) is 46.0 Å². The molecule has 0 saturated heterocycles. The van der Waals surface area contributed by atoms with Crippen molar-refractivity contribution in [1.29, 1.82) is 0 Å². The first kappa shape index (κ1) is 19.3. The lowest BCUT2D eigenvalue weighted by Crippen LogP contribution is -2.18. The van der Waals surface area contributed by atoms with Gasteiger partial charge in [0.25, 0.3) is 0 Å². The molecule has 0 amide bonds. The Hall–Kier alpha value is -1.99. The summed E-state index contributed by atoms with van der Waals surface area (Å²) < 4.78 is 5.37. The van der Waals surface area contributed by atoms with Crippen LogP contribution in [0.3, 0.4) is 0 Å². The molecule has 0 spiro atoms. The number of nitrogens with one attached hydrogen (secondary N) is 1. The molecule has 0 aliphatic heterocycles. The SMILES string of the molecule is COOCCC(C)(C)Cc1nc(CCCCNc2ccccn2)no1. The second kappa shape index (κ2) is 10.1. The van der Waals surface area contributed by atoms with E-state index in [1.165, 1.54) is 7.11 Å². The fourth-order valence-corrected chi connectivity index (χ4v) is 2.45. The van der Waals surface area contributed by atoms with Gasteiger partial charge >= 0.3 is 0 Å². The second-order valence-corrected chi connectivity index (χ2v) is 6.78. The largest absolute Gasteiger partial charge is 0.370 e. The van der Waals surface area contributed by atoms with Crippen LogP contribution in [-0.2, 0) is 22.6 Å². The number of aryl methyl sites for hydroxylation is 1. The summed E-state index contributed by atoms with van der Waals surface area (Å²) in [6.07, 6.45) is 6.23. The number of aromatic nitrogens is 3. The minimum Gasteiger partial charge on any atom is -0.370 e. The Bertz CT molecular complexity index is 601. The zero-order valence-electron chi connectivity index (χ0n) is 15.3. The summed E-state index contributed by atoms with van der Waals surface area (Å²) in [4.78, 5) is 18.3. The van der Waals surface area contributed by atoms with Crippen molar-refractivity contribution < 1.29 is 14.3 Å². The normalized spacial score (nSPS) is 11.6. The van der Waals surface area contributed by atoms with E-state index in [0.29, 0.717) is 12.5 Å². The Kier molecular flexibility index (Phi) is 7.81. The first-order valence-corrected chi connectivity index (χ1v) is 8.71. The summed E-state index contributed by atoms with van der Waals surface area (Å²) in [6.45, 7) is 5.74. The molecule has 0 radical (unpaired) electrons. The van der Waals surface area contributed by atoms with Crippen LogP contribution < -0.4 is 5.32 Å². The third-order valence-electron chi connectivity index (χ3n) is 3.92. The molecule has 2 heterocycles. The Labute approximate surface area is 149 Å². The van der Waals surface area contributed by atoms with Gasteiger partial charge in [-0.2, -0.15) is 4.98 Å². The maximum Gasteiger partial charge on any atom is 0.227 e. The van der Waals surface area contributed by atoms with Crippen molar-refractivity contribution >= 4 is 5.82 Å². The zero-order valence-corrected chi connectivity index (χ0v) is 15.3. The van der Waals surface area contributed by atoms with Crippen LogP contribution in [0.15, 0.2) is 28.9 Å². The third kappa shape index (κ3) is 7.62. The van der Waals surface area contributed by atoms with Crippen molar-refractivity contribution in [2.75, 3.05) is 25.6 Å². The van der Waals surface area contributed by atoms with Gasteiger partial charge < -0.3 is 9.84 Å². The van der Waals surface area contributed by atoms with Crippen LogP contribution in [-0.4, -0.2) is 35.4 Å². The molecule has 7 heteroatoms. The van der Waals surface area contributed by atoms with Crippen LogP contribution in [0.25, 0.3) is 0 Å². The monoisotopic (exact) mass is 348 g/mol. The molecule has 0 aliphatic rings. The lowest BCUT2D eigenvalue weighted by molar-refractivity contribution is -0.275. The highest BCUT2D eigenvalue weighted by Crippen LogP contribution is 2.25. The molecule has 0 atom stereocenters. The highest BCUT2D eigenvalue weighted by molar-refractivity contribution is 5.32. The van der Waals surface area contributed by atoms with Gasteiger partial charge in [0.05, 0.1) is 13.7 Å². The summed E-state index contributed by atoms with van der Waals surface area (Å²) in [5, 5.41) is 7.37. The molecular formula is C18H28N4O3. The maximum absolute atomic E-state index is 5.37. The molecule has 2 rings (SSSR count). The first-order chi connectivity index (χ1) is 12.1. The van der Waals surface area contributed by atoms with Crippen LogP contribution in [0, 0.1) is 5.41 Å². The number of rotatable bonds is 12. The Balaban J connectivity index is 1.65. The maximum atomic E-state index is 5.37. The molecule has 2 aromatic heterocycles. The Morgan fingerprint density at radius 2 is 2.12 bits per heavy atom. The topological polar surface area (TPSA) is 82.3 Å². The molecular weight excluding hydrogens is 320 g/mol. The van der Waals surface area contributed by atoms with Crippen LogP contribution in [0.4, 0.5) is 5.82 Å². The third-order valence-corrected chi connectivity index (χ3v) is 3.92. The van der Waals surface area contributed by atoms with Crippen LogP contribution in [0.2, 0.25) is 0 Å². The standard InChI is InChI=1S/C18H28N4O3/c1-18(2,10-13-24-23-3)14-17-21-16(22-25-17)9-5-7-12-20-15-8-4-6-11-19-15/h4,6,8,11H,5,7,9-10,12-14H2,1-3H3,(H,19,20). The fraction of sp³-hybridized carbons (Fsp3) is 0.611. The highest BCUT2D eigenvalue weighted by Gasteiger charge is 2.22. The van der Waals surface area contributed by atoms with E-state index in [1.807, 2.05) is 18.2 Å². The molecule has 7 nitrogen and oxygen atoms in total. The van der Waals surface area contributed by atoms with E-state index < -0.39 is 0 Å². The molecule has 1 N–H and O–H groups in total. The number of nitrogens with zero attached hydrogens (tertiary/aromatic N) is 3. The van der Waals surface area contributed by atoms with E-state index >= 15 is 0 Å². The lowest BCUT2D eigenvalue weighted by Gasteiger charge is -2.21. The molecule has 0 bridgehead atoms. The van der Waals surface area contributed by atoms with Gasteiger partial charge in [0, 0.05) is 25.6 Å². The van der Waals surface area contributed by atoms with Gasteiger partial charge in [-0.1, -0.05) is 25.1 Å². The minimum absolute atomic E-state index is 0.0228. The van der Waals surface area contributed by atoms with Gasteiger partial charge in [-0.05, 0) is 36.8 Å². The molecule has 2 aromatic rings. The van der Waals surface area contributed by atoms with E-state index in [4.69, 9.17) is 9.41 Å². The quantitative estimate of drug-likeness (QED) is 0.357. The molecule has 0 aromatic carbocycles. The van der Waals surface area contributed by atoms with Gasteiger partial charge in [-0.15, -0.1) is 0 Å². The summed E-state index contributed by atoms with van der Waals surface area (Å²) in [5.41, 5.74) is 0.0228. The molecule has 25 heavy (non-hydrogen) atoms. The average Bonchev–Trinajstić information content (AvgIpc) is 3.02. The van der Waals surface area contributed by atoms with Gasteiger partial charge in [0.1, 0.15) is 5.82 Å². The minimum atomic E-state index is 0.0228. The van der Waals surface area contributed by atoms with Crippen molar-refractivity contribution in [3.63, 3.8) is 0 Å². The van der Waals surface area contributed by atoms with E-state index in [2.05, 4.69) is 39.2 Å². The molecule has 0 saturated carbocycles. The Morgan fingerprint density at radius 3 is 2.88 bits per heavy atom. The molecule has 0 fully saturated rings. The molecule has 138 valence electrons. The van der Waals surface area contributed by atoms with Gasteiger partial charge in [-0.25, -0.2) is 14.8 Å². The van der Waals surface area contributed by atoms with Gasteiger partial charge in [0.15, 0.2) is 5.82 Å². The fourth-order valence-electron chi connectivity index (χ4n) is 2.45. The molecule has 0 unspecified atom stereocenters. The number of pyridine rings is 1. The first-order valence-electron chi connectivity index (χ1n) is 8.71. The van der Waals surface area contributed by atoms with Gasteiger partial charge in [0.2, 0.25) is 5.89 Å². The van der Waals surface area contributed by atoms with E-state index in [-0.39, 0.29) is 5.41 Å². The molecule has 0 aliphatic carbocycles. The van der Waals surface area contributed by atoms with Gasteiger partial charge in [-0.3, -0.25) is 0 Å². The van der Waals surface area contributed by atoms with Crippen molar-refractivity contribution in [3.8, 4) is 0 Å². The Morgan fingerprint density at radius 1 is 1.24 bits per heavy atom. The number of anilines is 1. The van der Waals surface area contributed by atoms with Crippen LogP contribution >= 0.6 is 0 Å². The van der Waals surface area contributed by atoms with Crippen molar-refractivity contribution in [3.05, 3.63) is 36.1 Å². The van der Waals surface area contributed by atoms with E-state index in [1.54, 1.807) is 6.20 Å². The highest BCUT2D eigenvalue weighted by atomic mass is 17.2. The van der Waals surface area contributed by atoms with Crippen LogP contribution in [0.1, 0.15) is 44.8 Å². The summed E-state index contributed by atoms with van der Waals surface area (Å²) >= 11 is 0.